The van der Waals surface area contributed by atoms with Crippen LogP contribution >= 0.6 is 0 Å². The molecule has 5 rings (SSSR count). The predicted molar refractivity (Wildman–Crippen MR) is 148 cm³/mol. The van der Waals surface area contributed by atoms with Crippen LogP contribution in [0.3, 0.4) is 0 Å². The smallest absolute Gasteiger partial charge is 0.159 e. The Morgan fingerprint density at radius 1 is 0.829 bits per heavy atom. The van der Waals surface area contributed by atoms with Crippen LogP contribution in [0.15, 0.2) is 78.9 Å². The molecule has 2 nitrogen and oxygen atoms in total. The Labute approximate surface area is 209 Å². The van der Waals surface area contributed by atoms with Gasteiger partial charge in [0, 0.05) is 5.56 Å². The van der Waals surface area contributed by atoms with Crippen molar-refractivity contribution >= 4 is 16.6 Å². The maximum Gasteiger partial charge on any atom is 0.159 e. The highest BCUT2D eigenvalue weighted by atomic mass is 16.1. The number of likely N-dealkylation sites (tertiary alicyclic amines) is 1. The molecule has 4 aromatic rings. The molecule has 0 N–H and O–H groups in total. The van der Waals surface area contributed by atoms with Gasteiger partial charge in [-0.15, -0.1) is 0 Å². The molecule has 1 aliphatic rings. The van der Waals surface area contributed by atoms with Crippen molar-refractivity contribution in [1.29, 1.82) is 0 Å². The SMILES string of the molecule is CCCN1CCC(c2ccc(-c3cc(C(C)=O)cc4cc(-c5ccc(C)cc5)ccc34)cc2)CC1. The van der Waals surface area contributed by atoms with Crippen molar-refractivity contribution in [2.24, 2.45) is 0 Å². The van der Waals surface area contributed by atoms with E-state index in [0.29, 0.717) is 5.92 Å². The van der Waals surface area contributed by atoms with Gasteiger partial charge in [-0.1, -0.05) is 73.2 Å². The number of hydrogen-bond donors (Lipinski definition) is 0. The summed E-state index contributed by atoms with van der Waals surface area (Å²) in [4.78, 5) is 15.0. The van der Waals surface area contributed by atoms with Crippen molar-refractivity contribution in [2.45, 2.75) is 46.0 Å². The van der Waals surface area contributed by atoms with Gasteiger partial charge in [0.15, 0.2) is 5.78 Å². The monoisotopic (exact) mass is 461 g/mol. The van der Waals surface area contributed by atoms with E-state index >= 15 is 0 Å². The Morgan fingerprint density at radius 3 is 2.14 bits per heavy atom. The average Bonchev–Trinajstić information content (AvgIpc) is 2.89. The van der Waals surface area contributed by atoms with Gasteiger partial charge in [-0.05, 0) is 115 Å². The molecule has 1 saturated heterocycles. The van der Waals surface area contributed by atoms with Crippen LogP contribution in [0.2, 0.25) is 0 Å². The molecule has 178 valence electrons. The summed E-state index contributed by atoms with van der Waals surface area (Å²) < 4.78 is 0. The third kappa shape index (κ3) is 5.09. The zero-order valence-corrected chi connectivity index (χ0v) is 21.2. The number of nitrogens with zero attached hydrogens (tertiary/aromatic N) is 1. The van der Waals surface area contributed by atoms with Gasteiger partial charge in [0.1, 0.15) is 0 Å². The minimum absolute atomic E-state index is 0.101. The van der Waals surface area contributed by atoms with E-state index in [9.17, 15) is 4.79 Å². The fourth-order valence-corrected chi connectivity index (χ4v) is 5.48. The lowest BCUT2D eigenvalue weighted by Crippen LogP contribution is -2.33. The standard InChI is InChI=1S/C33H35NO/c1-4-17-34-18-15-27(16-19-34)25-9-11-28(12-10-25)33-22-30(24(3)35)21-31-20-29(13-14-32(31)33)26-7-5-23(2)6-8-26/h5-14,20-22,27H,4,15-19H2,1-3H3. The maximum atomic E-state index is 12.4. The largest absolute Gasteiger partial charge is 0.303 e. The first-order valence-corrected chi connectivity index (χ1v) is 13.0. The number of hydrogen-bond acceptors (Lipinski definition) is 2. The van der Waals surface area contributed by atoms with E-state index in [1.807, 2.05) is 6.07 Å². The third-order valence-corrected chi connectivity index (χ3v) is 7.56. The molecule has 1 aliphatic heterocycles. The van der Waals surface area contributed by atoms with Gasteiger partial charge in [0.2, 0.25) is 0 Å². The second-order valence-corrected chi connectivity index (χ2v) is 10.1. The van der Waals surface area contributed by atoms with Crippen molar-refractivity contribution in [3.8, 4) is 22.3 Å². The topological polar surface area (TPSA) is 20.3 Å². The van der Waals surface area contributed by atoms with Crippen LogP contribution in [-0.4, -0.2) is 30.3 Å². The van der Waals surface area contributed by atoms with Crippen LogP contribution in [0, 0.1) is 6.92 Å². The Kier molecular flexibility index (Phi) is 6.83. The van der Waals surface area contributed by atoms with E-state index in [2.05, 4.69) is 91.5 Å². The van der Waals surface area contributed by atoms with Gasteiger partial charge in [-0.2, -0.15) is 0 Å². The summed E-state index contributed by atoms with van der Waals surface area (Å²) in [6.45, 7) is 9.65. The normalized spacial score (nSPS) is 14.9. The third-order valence-electron chi connectivity index (χ3n) is 7.56. The lowest BCUT2D eigenvalue weighted by molar-refractivity contribution is 0.101. The molecule has 0 spiro atoms. The summed E-state index contributed by atoms with van der Waals surface area (Å²) in [5.74, 6) is 0.749. The highest BCUT2D eigenvalue weighted by molar-refractivity contribution is 6.05. The second kappa shape index (κ2) is 10.2. The summed E-state index contributed by atoms with van der Waals surface area (Å²) >= 11 is 0. The predicted octanol–water partition coefficient (Wildman–Crippen LogP) is 8.27. The molecule has 4 aromatic carbocycles. The van der Waals surface area contributed by atoms with Crippen LogP contribution in [-0.2, 0) is 0 Å². The number of rotatable bonds is 6. The lowest BCUT2D eigenvalue weighted by atomic mass is 9.87. The van der Waals surface area contributed by atoms with Crippen LogP contribution < -0.4 is 0 Å². The first-order valence-electron chi connectivity index (χ1n) is 13.0. The van der Waals surface area contributed by atoms with Gasteiger partial charge in [0.05, 0.1) is 0 Å². The molecule has 2 heteroatoms. The van der Waals surface area contributed by atoms with Gasteiger partial charge < -0.3 is 4.90 Å². The first-order chi connectivity index (χ1) is 17.0. The number of ketones is 1. The van der Waals surface area contributed by atoms with E-state index in [1.165, 1.54) is 72.1 Å². The van der Waals surface area contributed by atoms with Gasteiger partial charge in [-0.25, -0.2) is 0 Å². The van der Waals surface area contributed by atoms with Crippen molar-refractivity contribution in [3.63, 3.8) is 0 Å². The van der Waals surface area contributed by atoms with Gasteiger partial charge in [-0.3, -0.25) is 4.79 Å². The molecule has 0 aliphatic carbocycles. The zero-order chi connectivity index (χ0) is 24.4. The van der Waals surface area contributed by atoms with E-state index in [0.717, 1.165) is 16.5 Å². The summed E-state index contributed by atoms with van der Waals surface area (Å²) in [7, 11) is 0. The molecule has 0 amide bonds. The molecule has 1 fully saturated rings. The molecule has 0 atom stereocenters. The van der Waals surface area contributed by atoms with Crippen LogP contribution in [0.5, 0.6) is 0 Å². The van der Waals surface area contributed by atoms with Gasteiger partial charge >= 0.3 is 0 Å². The molecule has 0 unspecified atom stereocenters. The number of carbonyl (C=O) groups excluding carboxylic acids is 1. The van der Waals surface area contributed by atoms with Crippen molar-refractivity contribution in [2.75, 3.05) is 19.6 Å². The zero-order valence-electron chi connectivity index (χ0n) is 21.2. The van der Waals surface area contributed by atoms with E-state index < -0.39 is 0 Å². The Balaban J connectivity index is 1.48. The highest BCUT2D eigenvalue weighted by Gasteiger charge is 2.20. The molecule has 1 heterocycles. The molecule has 0 bridgehead atoms. The molecular weight excluding hydrogens is 426 g/mol. The lowest BCUT2D eigenvalue weighted by Gasteiger charge is -2.32. The molecule has 0 radical (unpaired) electrons. The minimum atomic E-state index is 0.101. The summed E-state index contributed by atoms with van der Waals surface area (Å²) in [5, 5.41) is 2.30. The first kappa shape index (κ1) is 23.5. The summed E-state index contributed by atoms with van der Waals surface area (Å²) in [6, 6.07) is 28.5. The molecular formula is C33H35NO. The quantitative estimate of drug-likeness (QED) is 0.269. The number of aryl methyl sites for hydroxylation is 1. The molecule has 35 heavy (non-hydrogen) atoms. The molecule has 0 aromatic heterocycles. The molecule has 0 saturated carbocycles. The van der Waals surface area contributed by atoms with E-state index in [-0.39, 0.29) is 5.78 Å². The average molecular weight is 462 g/mol. The van der Waals surface area contributed by atoms with E-state index in [4.69, 9.17) is 0 Å². The van der Waals surface area contributed by atoms with Crippen LogP contribution in [0.1, 0.15) is 60.5 Å². The maximum absolute atomic E-state index is 12.4. The fraction of sp³-hybridized carbons (Fsp3) is 0.303. The summed E-state index contributed by atoms with van der Waals surface area (Å²) in [6.07, 6.45) is 3.72. The fourth-order valence-electron chi connectivity index (χ4n) is 5.48. The van der Waals surface area contributed by atoms with E-state index in [1.54, 1.807) is 6.92 Å². The van der Waals surface area contributed by atoms with Crippen LogP contribution in [0.4, 0.5) is 0 Å². The number of piperidine rings is 1. The van der Waals surface area contributed by atoms with Gasteiger partial charge in [0.25, 0.3) is 0 Å². The highest BCUT2D eigenvalue weighted by Crippen LogP contribution is 2.35. The van der Waals surface area contributed by atoms with Crippen molar-refractivity contribution in [1.82, 2.24) is 4.90 Å². The number of fused-ring (bicyclic) bond motifs is 1. The number of carbonyl (C=O) groups is 1. The van der Waals surface area contributed by atoms with Crippen LogP contribution in [0.25, 0.3) is 33.0 Å². The Morgan fingerprint density at radius 2 is 1.49 bits per heavy atom. The summed E-state index contributed by atoms with van der Waals surface area (Å²) in [5.41, 5.74) is 8.14. The van der Waals surface area contributed by atoms with Crippen molar-refractivity contribution < 1.29 is 4.79 Å². The minimum Gasteiger partial charge on any atom is -0.303 e. The number of benzene rings is 4. The number of Topliss-reactive ketones (excluding diaryl/α,β-unsaturated/α-hetero) is 1. The van der Waals surface area contributed by atoms with Crippen molar-refractivity contribution in [3.05, 3.63) is 95.6 Å². The Bertz CT molecular complexity index is 1330. The second-order valence-electron chi connectivity index (χ2n) is 10.1. The Hall–Kier alpha value is -3.23.